The summed E-state index contributed by atoms with van der Waals surface area (Å²) in [6.07, 6.45) is 0.620. The lowest BCUT2D eigenvalue weighted by Gasteiger charge is -2.74. The second kappa shape index (κ2) is 8.10. The molecule has 4 bridgehead atoms. The third kappa shape index (κ3) is 2.97. The van der Waals surface area contributed by atoms with Gasteiger partial charge in [-0.1, -0.05) is 20.4 Å². The number of rotatable bonds is 3. The van der Waals surface area contributed by atoms with E-state index in [9.17, 15) is 24.6 Å². The Balaban J connectivity index is 1.51. The molecule has 3 heterocycles. The van der Waals surface area contributed by atoms with E-state index in [2.05, 4.69) is 25.7 Å². The van der Waals surface area contributed by atoms with Gasteiger partial charge in [-0.25, -0.2) is 0 Å². The van der Waals surface area contributed by atoms with Gasteiger partial charge >= 0.3 is 11.9 Å². The molecule has 9 heteroatoms. The van der Waals surface area contributed by atoms with Crippen LogP contribution in [0.2, 0.25) is 0 Å². The normalized spacial score (nSPS) is 48.2. The highest BCUT2D eigenvalue weighted by Gasteiger charge is 2.88. The van der Waals surface area contributed by atoms with Gasteiger partial charge in [-0.2, -0.15) is 0 Å². The smallest absolute Gasteiger partial charge is 0.309 e. The lowest BCUT2D eigenvalue weighted by atomic mass is 9.35. The number of ether oxygens (including phenoxy) is 3. The zero-order valence-corrected chi connectivity index (χ0v) is 22.0. The molecule has 204 valence electrons. The van der Waals surface area contributed by atoms with Crippen LogP contribution in [0.1, 0.15) is 59.3 Å². The van der Waals surface area contributed by atoms with E-state index in [1.54, 1.807) is 0 Å². The molecular weight excluding hydrogens is 478 g/mol. The van der Waals surface area contributed by atoms with Gasteiger partial charge in [0.1, 0.15) is 23.7 Å². The van der Waals surface area contributed by atoms with E-state index in [0.717, 1.165) is 0 Å². The third-order valence-electron chi connectivity index (χ3n) is 11.0. The quantitative estimate of drug-likeness (QED) is 0.376. The molecular formula is C28H39NO8. The van der Waals surface area contributed by atoms with E-state index in [1.165, 1.54) is 6.92 Å². The number of carbonyl (C=O) groups is 3. The number of nitrogens with one attached hydrogen (secondary N) is 1. The first kappa shape index (κ1) is 25.5. The van der Waals surface area contributed by atoms with Crippen molar-refractivity contribution in [2.75, 3.05) is 19.7 Å². The zero-order chi connectivity index (χ0) is 26.5. The Bertz CT molecular complexity index is 1050. The van der Waals surface area contributed by atoms with Gasteiger partial charge < -0.3 is 29.7 Å². The maximum absolute atomic E-state index is 14.3. The first-order valence-corrected chi connectivity index (χ1v) is 13.8. The van der Waals surface area contributed by atoms with Gasteiger partial charge in [0.2, 0.25) is 5.79 Å². The molecule has 4 aliphatic carbocycles. The van der Waals surface area contributed by atoms with Crippen LogP contribution in [0.3, 0.4) is 0 Å². The van der Waals surface area contributed by atoms with Gasteiger partial charge in [0.25, 0.3) is 0 Å². The van der Waals surface area contributed by atoms with E-state index in [4.69, 9.17) is 14.2 Å². The summed E-state index contributed by atoms with van der Waals surface area (Å²) < 4.78 is 18.3. The second-order valence-corrected chi connectivity index (χ2v) is 13.0. The predicted octanol–water partition coefficient (Wildman–Crippen LogP) is 1.50. The molecule has 0 aromatic heterocycles. The molecule has 0 amide bonds. The van der Waals surface area contributed by atoms with Gasteiger partial charge in [0.05, 0.1) is 12.5 Å². The first-order valence-electron chi connectivity index (χ1n) is 13.8. The molecule has 7 aliphatic rings. The number of aliphatic hydroxyl groups excluding tert-OH is 1. The van der Waals surface area contributed by atoms with Crippen LogP contribution < -0.4 is 5.32 Å². The third-order valence-corrected chi connectivity index (χ3v) is 11.0. The van der Waals surface area contributed by atoms with E-state index < -0.39 is 69.9 Å². The second-order valence-electron chi connectivity index (χ2n) is 13.0. The molecule has 3 saturated heterocycles. The summed E-state index contributed by atoms with van der Waals surface area (Å²) >= 11 is 0. The monoisotopic (exact) mass is 517 g/mol. The molecule has 3 N–H and O–H groups in total. The van der Waals surface area contributed by atoms with Gasteiger partial charge in [-0.05, 0) is 68.5 Å². The number of esters is 2. The summed E-state index contributed by atoms with van der Waals surface area (Å²) in [5.74, 6) is -5.19. The van der Waals surface area contributed by atoms with Gasteiger partial charge in [0.15, 0.2) is 5.78 Å². The Hall–Kier alpha value is -1.81. The van der Waals surface area contributed by atoms with E-state index in [-0.39, 0.29) is 18.5 Å². The van der Waals surface area contributed by atoms with Crippen LogP contribution in [0, 0.1) is 39.9 Å². The summed E-state index contributed by atoms with van der Waals surface area (Å²) in [6.45, 7) is 11.0. The van der Waals surface area contributed by atoms with E-state index in [1.807, 2.05) is 0 Å². The van der Waals surface area contributed by atoms with Crippen molar-refractivity contribution in [1.29, 1.82) is 0 Å². The first-order chi connectivity index (χ1) is 17.4. The largest absolute Gasteiger partial charge is 0.462 e. The average Bonchev–Trinajstić information content (AvgIpc) is 2.97. The topological polar surface area (TPSA) is 131 Å². The minimum absolute atomic E-state index is 0.0540. The van der Waals surface area contributed by atoms with Crippen LogP contribution in [-0.2, 0) is 28.6 Å². The molecule has 3 aliphatic heterocycles. The summed E-state index contributed by atoms with van der Waals surface area (Å²) in [5, 5.41) is 27.5. The zero-order valence-electron chi connectivity index (χ0n) is 22.0. The SMILES string of the molecule is C=C1C(=O)[C@]23[C@H](OC(=O)C4CCNCC4)[C@H]1CC[C@H]2[C@@]12CO[C@]3(O)[C@@H](O)[C@@H]1C(C)(C)CC[C@@H]2OC(C)=O. The lowest BCUT2D eigenvalue weighted by molar-refractivity contribution is -0.458. The average molecular weight is 518 g/mol. The van der Waals surface area contributed by atoms with Crippen molar-refractivity contribution < 1.29 is 38.8 Å². The van der Waals surface area contributed by atoms with Crippen molar-refractivity contribution in [2.24, 2.45) is 39.9 Å². The Morgan fingerprint density at radius 1 is 1.11 bits per heavy atom. The lowest BCUT2D eigenvalue weighted by Crippen LogP contribution is -2.86. The Labute approximate surface area is 217 Å². The fourth-order valence-corrected chi connectivity index (χ4v) is 9.66. The van der Waals surface area contributed by atoms with E-state index in [0.29, 0.717) is 57.2 Å². The van der Waals surface area contributed by atoms with Gasteiger partial charge in [-0.15, -0.1) is 0 Å². The molecule has 0 radical (unpaired) electrons. The number of carbonyl (C=O) groups excluding carboxylic acids is 3. The molecule has 4 saturated carbocycles. The fourth-order valence-electron chi connectivity index (χ4n) is 9.66. The predicted molar refractivity (Wildman–Crippen MR) is 130 cm³/mol. The molecule has 0 aromatic carbocycles. The van der Waals surface area contributed by atoms with Crippen LogP contribution in [0.5, 0.6) is 0 Å². The molecule has 9 nitrogen and oxygen atoms in total. The molecule has 2 spiro atoms. The minimum atomic E-state index is -2.24. The molecule has 0 aromatic rings. The Morgan fingerprint density at radius 2 is 1.81 bits per heavy atom. The van der Waals surface area contributed by atoms with Crippen LogP contribution >= 0.6 is 0 Å². The van der Waals surface area contributed by atoms with Crippen molar-refractivity contribution in [2.45, 2.75) is 83.4 Å². The molecule has 37 heavy (non-hydrogen) atoms. The highest BCUT2D eigenvalue weighted by Crippen LogP contribution is 2.77. The van der Waals surface area contributed by atoms with Crippen molar-refractivity contribution in [3.8, 4) is 0 Å². The van der Waals surface area contributed by atoms with Gasteiger partial charge in [-0.3, -0.25) is 14.4 Å². The molecule has 9 atom stereocenters. The number of Topliss-reactive ketones (excluding diaryl/α,β-unsaturated/α-hetero) is 1. The van der Waals surface area contributed by atoms with Crippen LogP contribution in [0.4, 0.5) is 0 Å². The number of hydrogen-bond acceptors (Lipinski definition) is 9. The Morgan fingerprint density at radius 3 is 2.49 bits per heavy atom. The van der Waals surface area contributed by atoms with E-state index >= 15 is 0 Å². The summed E-state index contributed by atoms with van der Waals surface area (Å²) in [4.78, 5) is 39.9. The van der Waals surface area contributed by atoms with Crippen LogP contribution in [0.15, 0.2) is 12.2 Å². The minimum Gasteiger partial charge on any atom is -0.462 e. The van der Waals surface area contributed by atoms with Crippen molar-refractivity contribution in [3.05, 3.63) is 12.2 Å². The summed E-state index contributed by atoms with van der Waals surface area (Å²) in [5.41, 5.74) is -2.71. The van der Waals surface area contributed by atoms with Crippen LogP contribution in [0.25, 0.3) is 0 Å². The van der Waals surface area contributed by atoms with Gasteiger partial charge in [0, 0.05) is 24.2 Å². The number of aliphatic hydroxyl groups is 2. The maximum Gasteiger partial charge on any atom is 0.309 e. The molecule has 0 unspecified atom stereocenters. The van der Waals surface area contributed by atoms with Crippen LogP contribution in [-0.4, -0.2) is 71.7 Å². The van der Waals surface area contributed by atoms with Crippen molar-refractivity contribution in [3.63, 3.8) is 0 Å². The molecule has 7 fully saturated rings. The summed E-state index contributed by atoms with van der Waals surface area (Å²) in [6, 6.07) is 0. The number of ketones is 1. The van der Waals surface area contributed by atoms with Crippen molar-refractivity contribution in [1.82, 2.24) is 5.32 Å². The highest BCUT2D eigenvalue weighted by molar-refractivity contribution is 6.05. The maximum atomic E-state index is 14.3. The number of piperidine rings is 1. The number of hydrogen-bond donors (Lipinski definition) is 3. The molecule has 7 rings (SSSR count). The highest BCUT2D eigenvalue weighted by atomic mass is 16.7. The van der Waals surface area contributed by atoms with Crippen molar-refractivity contribution >= 4 is 17.7 Å². The Kier molecular flexibility index (Phi) is 5.58. The standard InChI is InChI=1S/C28H39NO8/c1-14-17-5-6-18-26-13-35-28(34,22(32)20(26)25(3,4)10-7-19(26)36-15(2)30)27(18,21(14)31)23(17)37-24(33)16-8-11-29-12-9-16/h16-20,22-23,29,32,34H,1,5-13H2,2-4H3/t17-,18-,19-,20+,22-,23+,26+,27-,28+/m0/s1. The number of fused-ring (bicyclic) bond motifs is 2. The summed E-state index contributed by atoms with van der Waals surface area (Å²) in [7, 11) is 0. The fraction of sp³-hybridized carbons (Fsp3) is 0.821.